The van der Waals surface area contributed by atoms with E-state index in [1.165, 1.54) is 0 Å². The highest BCUT2D eigenvalue weighted by atomic mass is 35.5. The van der Waals surface area contributed by atoms with Crippen LogP contribution >= 0.6 is 23.2 Å². The Labute approximate surface area is 106 Å². The highest BCUT2D eigenvalue weighted by Crippen LogP contribution is 2.22. The minimum atomic E-state index is 0.301. The molecule has 0 aromatic heterocycles. The van der Waals surface area contributed by atoms with E-state index in [0.29, 0.717) is 29.2 Å². The summed E-state index contributed by atoms with van der Waals surface area (Å²) in [6.45, 7) is 5.14. The third kappa shape index (κ3) is 3.68. The highest BCUT2D eigenvalue weighted by molar-refractivity contribution is 6.33. The molecule has 1 aromatic carbocycles. The first-order valence-corrected chi connectivity index (χ1v) is 5.85. The lowest BCUT2D eigenvalue weighted by atomic mass is 10.2. The quantitative estimate of drug-likeness (QED) is 0.768. The monoisotopic (exact) mass is 256 g/mol. The van der Waals surface area contributed by atoms with E-state index in [2.05, 4.69) is 19.9 Å². The second-order valence-electron chi connectivity index (χ2n) is 3.89. The van der Waals surface area contributed by atoms with Gasteiger partial charge >= 0.3 is 0 Å². The van der Waals surface area contributed by atoms with Gasteiger partial charge in [0.25, 0.3) is 0 Å². The molecule has 0 aliphatic heterocycles. The van der Waals surface area contributed by atoms with Gasteiger partial charge in [0.2, 0.25) is 0 Å². The zero-order valence-electron chi connectivity index (χ0n) is 9.37. The molecule has 0 bridgehead atoms. The molecule has 0 heterocycles. The smallest absolute Gasteiger partial charge is 0.0871 e. The van der Waals surface area contributed by atoms with Crippen molar-refractivity contribution in [1.29, 1.82) is 5.26 Å². The van der Waals surface area contributed by atoms with Gasteiger partial charge in [-0.2, -0.15) is 5.26 Å². The van der Waals surface area contributed by atoms with Crippen LogP contribution in [0.3, 0.4) is 0 Å². The lowest BCUT2D eigenvalue weighted by Crippen LogP contribution is -2.30. The van der Waals surface area contributed by atoms with Crippen LogP contribution in [0.5, 0.6) is 0 Å². The predicted octanol–water partition coefficient (Wildman–Crippen LogP) is 3.73. The van der Waals surface area contributed by atoms with Crippen LogP contribution in [0.15, 0.2) is 18.2 Å². The molecule has 0 saturated carbocycles. The SMILES string of the molecule is CC(C)N(CC#N)Cc1cc(Cl)ccc1Cl. The van der Waals surface area contributed by atoms with E-state index < -0.39 is 0 Å². The minimum Gasteiger partial charge on any atom is -0.284 e. The van der Waals surface area contributed by atoms with E-state index >= 15 is 0 Å². The minimum absolute atomic E-state index is 0.301. The van der Waals surface area contributed by atoms with Crippen molar-refractivity contribution in [1.82, 2.24) is 4.90 Å². The Balaban J connectivity index is 2.85. The first kappa shape index (κ1) is 13.3. The van der Waals surface area contributed by atoms with Gasteiger partial charge in [-0.15, -0.1) is 0 Å². The van der Waals surface area contributed by atoms with Crippen LogP contribution in [-0.4, -0.2) is 17.5 Å². The van der Waals surface area contributed by atoms with Gasteiger partial charge in [-0.25, -0.2) is 0 Å². The van der Waals surface area contributed by atoms with Crippen molar-refractivity contribution in [2.75, 3.05) is 6.54 Å². The van der Waals surface area contributed by atoms with Gasteiger partial charge in [0.1, 0.15) is 0 Å². The van der Waals surface area contributed by atoms with Crippen LogP contribution < -0.4 is 0 Å². The van der Waals surface area contributed by atoms with Crippen molar-refractivity contribution in [2.45, 2.75) is 26.4 Å². The summed E-state index contributed by atoms with van der Waals surface area (Å²) in [5.41, 5.74) is 0.957. The van der Waals surface area contributed by atoms with Crippen LogP contribution in [-0.2, 0) is 6.54 Å². The number of benzene rings is 1. The number of hydrogen-bond donors (Lipinski definition) is 0. The summed E-state index contributed by atoms with van der Waals surface area (Å²) < 4.78 is 0. The molecule has 0 aliphatic carbocycles. The third-order valence-corrected chi connectivity index (χ3v) is 2.99. The van der Waals surface area contributed by atoms with Gasteiger partial charge in [-0.05, 0) is 37.6 Å². The van der Waals surface area contributed by atoms with Crippen LogP contribution in [0.25, 0.3) is 0 Å². The molecule has 0 fully saturated rings. The van der Waals surface area contributed by atoms with Gasteiger partial charge < -0.3 is 0 Å². The molecule has 4 heteroatoms. The average Bonchev–Trinajstić information content (AvgIpc) is 2.22. The Morgan fingerprint density at radius 2 is 2.06 bits per heavy atom. The number of nitrogens with zero attached hydrogens (tertiary/aromatic N) is 2. The normalized spacial score (nSPS) is 10.8. The summed E-state index contributed by atoms with van der Waals surface area (Å²) >= 11 is 12.0. The molecule has 0 amide bonds. The molecule has 0 spiro atoms. The molecule has 1 aromatic rings. The Morgan fingerprint density at radius 1 is 1.38 bits per heavy atom. The van der Waals surface area contributed by atoms with Crippen LogP contribution in [0.2, 0.25) is 10.0 Å². The Morgan fingerprint density at radius 3 is 2.62 bits per heavy atom. The van der Waals surface area contributed by atoms with Crippen molar-refractivity contribution >= 4 is 23.2 Å². The molecule has 2 nitrogen and oxygen atoms in total. The Hall–Kier alpha value is -0.750. The molecule has 0 atom stereocenters. The van der Waals surface area contributed by atoms with Crippen molar-refractivity contribution in [3.8, 4) is 6.07 Å². The topological polar surface area (TPSA) is 27.0 Å². The van der Waals surface area contributed by atoms with E-state index in [-0.39, 0.29) is 0 Å². The molecule has 0 aliphatic rings. The first-order valence-electron chi connectivity index (χ1n) is 5.09. The summed E-state index contributed by atoms with van der Waals surface area (Å²) in [6, 6.07) is 7.84. The molecule has 86 valence electrons. The lowest BCUT2D eigenvalue weighted by molar-refractivity contribution is 0.240. The summed E-state index contributed by atoms with van der Waals surface area (Å²) in [5, 5.41) is 10.1. The maximum Gasteiger partial charge on any atom is 0.0871 e. The fraction of sp³-hybridized carbons (Fsp3) is 0.417. The van der Waals surface area contributed by atoms with Gasteiger partial charge in [-0.3, -0.25) is 4.90 Å². The summed E-state index contributed by atoms with van der Waals surface area (Å²) in [7, 11) is 0. The number of hydrogen-bond acceptors (Lipinski definition) is 2. The van der Waals surface area contributed by atoms with Gasteiger partial charge in [-0.1, -0.05) is 23.2 Å². The number of rotatable bonds is 4. The zero-order chi connectivity index (χ0) is 12.1. The largest absolute Gasteiger partial charge is 0.284 e. The van der Waals surface area contributed by atoms with Crippen LogP contribution in [0.4, 0.5) is 0 Å². The molecule has 0 saturated heterocycles. The van der Waals surface area contributed by atoms with Gasteiger partial charge in [0, 0.05) is 22.6 Å². The average molecular weight is 257 g/mol. The lowest BCUT2D eigenvalue weighted by Gasteiger charge is -2.23. The van der Waals surface area contributed by atoms with E-state index in [1.807, 2.05) is 11.0 Å². The van der Waals surface area contributed by atoms with Crippen molar-refractivity contribution in [2.24, 2.45) is 0 Å². The third-order valence-electron chi connectivity index (χ3n) is 2.39. The second-order valence-corrected chi connectivity index (χ2v) is 4.74. The number of halogens is 2. The fourth-order valence-corrected chi connectivity index (χ4v) is 1.77. The maximum absolute atomic E-state index is 8.74. The van der Waals surface area contributed by atoms with Crippen molar-refractivity contribution in [3.05, 3.63) is 33.8 Å². The van der Waals surface area contributed by atoms with Crippen LogP contribution in [0.1, 0.15) is 19.4 Å². The second kappa shape index (κ2) is 6.10. The predicted molar refractivity (Wildman–Crippen MR) is 67.6 cm³/mol. The summed E-state index contributed by atoms with van der Waals surface area (Å²) in [4.78, 5) is 2.04. The van der Waals surface area contributed by atoms with E-state index in [9.17, 15) is 0 Å². The van der Waals surface area contributed by atoms with E-state index in [0.717, 1.165) is 5.56 Å². The number of nitriles is 1. The molecule has 16 heavy (non-hydrogen) atoms. The molecular weight excluding hydrogens is 243 g/mol. The van der Waals surface area contributed by atoms with Gasteiger partial charge in [0.05, 0.1) is 12.6 Å². The Kier molecular flexibility index (Phi) is 5.08. The highest BCUT2D eigenvalue weighted by Gasteiger charge is 2.11. The molecular formula is C12H14Cl2N2. The summed E-state index contributed by atoms with van der Waals surface area (Å²) in [5.74, 6) is 0. The van der Waals surface area contributed by atoms with Gasteiger partial charge in [0.15, 0.2) is 0 Å². The molecule has 0 radical (unpaired) electrons. The fourth-order valence-electron chi connectivity index (χ4n) is 1.40. The van der Waals surface area contributed by atoms with E-state index in [4.69, 9.17) is 28.5 Å². The van der Waals surface area contributed by atoms with Crippen LogP contribution in [0, 0.1) is 11.3 Å². The Bertz CT molecular complexity index is 396. The summed E-state index contributed by atoms with van der Waals surface area (Å²) in [6.07, 6.45) is 0. The zero-order valence-corrected chi connectivity index (χ0v) is 10.9. The molecule has 1 rings (SSSR count). The molecule has 0 unspecified atom stereocenters. The van der Waals surface area contributed by atoms with Crippen molar-refractivity contribution in [3.63, 3.8) is 0 Å². The van der Waals surface area contributed by atoms with Crippen molar-refractivity contribution < 1.29 is 0 Å². The molecule has 0 N–H and O–H groups in total. The van der Waals surface area contributed by atoms with E-state index in [1.54, 1.807) is 12.1 Å². The maximum atomic E-state index is 8.74. The standard InChI is InChI=1S/C12H14Cl2N2/c1-9(2)16(6-5-15)8-10-7-11(13)3-4-12(10)14/h3-4,7,9H,6,8H2,1-2H3. The first-order chi connectivity index (χ1) is 7.54.